The summed E-state index contributed by atoms with van der Waals surface area (Å²) in [7, 11) is -2.25. The summed E-state index contributed by atoms with van der Waals surface area (Å²) in [6.45, 7) is 6.20. The van der Waals surface area contributed by atoms with Crippen LogP contribution in [-0.4, -0.2) is 43.4 Å². The van der Waals surface area contributed by atoms with E-state index in [-0.39, 0.29) is 17.8 Å². The molecule has 2 aliphatic heterocycles. The Balaban J connectivity index is 1.38. The molecule has 204 valence electrons. The molecule has 2 atom stereocenters. The standard InChI is InChI=1S/C28H29ClN4O4S2/c1-17-18(2)31-26(23-14-22(29)25(38-23)28(3)16-39(34,35)33(4)27(30)32-28)37-24(17)20-10-12-21(13-11-20)36-15-19-8-6-5-7-9-19/h5-14,18H,15-16H2,1-4H3,(H2,30,32). The maximum atomic E-state index is 12.7. The SMILES string of the molecule is CC1=C(c2ccc(OCc3ccccc3)cc2)OC(c2cc(Cl)c(C3(C)CS(=O)(=O)N(C)C(N)=N3)s2)=NC1C. The van der Waals surface area contributed by atoms with Crippen molar-refractivity contribution in [3.05, 3.63) is 92.1 Å². The van der Waals surface area contributed by atoms with Crippen LogP contribution in [0.2, 0.25) is 5.02 Å². The van der Waals surface area contributed by atoms with Gasteiger partial charge in [-0.2, -0.15) is 0 Å². The van der Waals surface area contributed by atoms with Gasteiger partial charge in [-0.25, -0.2) is 22.7 Å². The predicted molar refractivity (Wildman–Crippen MR) is 157 cm³/mol. The first-order chi connectivity index (χ1) is 18.5. The maximum Gasteiger partial charge on any atom is 0.239 e. The van der Waals surface area contributed by atoms with Crippen molar-refractivity contribution in [3.8, 4) is 5.75 Å². The molecule has 11 heteroatoms. The molecule has 3 aromatic rings. The van der Waals surface area contributed by atoms with Crippen LogP contribution in [0, 0.1) is 0 Å². The molecule has 0 aliphatic carbocycles. The van der Waals surface area contributed by atoms with Gasteiger partial charge in [0.25, 0.3) is 0 Å². The molecular weight excluding hydrogens is 556 g/mol. The summed E-state index contributed by atoms with van der Waals surface area (Å²) in [6, 6.07) is 19.4. The molecule has 2 aliphatic rings. The molecule has 8 nitrogen and oxygen atoms in total. The van der Waals surface area contributed by atoms with Crippen molar-refractivity contribution in [2.75, 3.05) is 12.8 Å². The van der Waals surface area contributed by atoms with Crippen LogP contribution in [0.15, 0.2) is 76.2 Å². The van der Waals surface area contributed by atoms with E-state index in [1.54, 1.807) is 13.0 Å². The fourth-order valence-electron chi connectivity index (χ4n) is 4.42. The first kappa shape index (κ1) is 27.2. The van der Waals surface area contributed by atoms with Gasteiger partial charge in [0.2, 0.25) is 21.9 Å². The molecule has 0 saturated carbocycles. The molecule has 5 rings (SSSR count). The molecular formula is C28H29ClN4O4S2. The van der Waals surface area contributed by atoms with Crippen LogP contribution in [0.3, 0.4) is 0 Å². The molecule has 2 aromatic carbocycles. The van der Waals surface area contributed by atoms with Crippen LogP contribution in [0.5, 0.6) is 5.75 Å². The first-order valence-corrected chi connectivity index (χ1v) is 15.1. The second kappa shape index (κ2) is 10.3. The predicted octanol–water partition coefficient (Wildman–Crippen LogP) is 5.38. The Labute approximate surface area is 237 Å². The summed E-state index contributed by atoms with van der Waals surface area (Å²) >= 11 is 7.94. The Hall–Kier alpha value is -3.34. The number of rotatable bonds is 6. The van der Waals surface area contributed by atoms with Crippen LogP contribution in [-0.2, 0) is 26.9 Å². The number of guanidine groups is 1. The van der Waals surface area contributed by atoms with Gasteiger partial charge >= 0.3 is 0 Å². The van der Waals surface area contributed by atoms with Crippen LogP contribution < -0.4 is 10.5 Å². The minimum absolute atomic E-state index is 0.0771. The Morgan fingerprint density at radius 3 is 2.56 bits per heavy atom. The lowest BCUT2D eigenvalue weighted by Crippen LogP contribution is -2.50. The number of ether oxygens (including phenoxy) is 2. The van der Waals surface area contributed by atoms with Crippen molar-refractivity contribution < 1.29 is 17.9 Å². The van der Waals surface area contributed by atoms with Gasteiger partial charge in [0.15, 0.2) is 0 Å². The quantitative estimate of drug-likeness (QED) is 0.418. The van der Waals surface area contributed by atoms with Crippen molar-refractivity contribution >= 4 is 50.6 Å². The highest BCUT2D eigenvalue weighted by molar-refractivity contribution is 7.89. The molecule has 0 saturated heterocycles. The molecule has 0 amide bonds. The number of nitrogens with two attached hydrogens (primary N) is 1. The summed E-state index contributed by atoms with van der Waals surface area (Å²) in [5, 5.41) is 0.389. The number of benzene rings is 2. The van der Waals surface area contributed by atoms with Gasteiger partial charge in [-0.15, -0.1) is 11.3 Å². The Morgan fingerprint density at radius 1 is 1.21 bits per heavy atom. The lowest BCUT2D eigenvalue weighted by atomic mass is 10.0. The van der Waals surface area contributed by atoms with Gasteiger partial charge in [0.05, 0.1) is 26.6 Å². The highest BCUT2D eigenvalue weighted by atomic mass is 35.5. The second-order valence-corrected chi connectivity index (χ2v) is 13.2. The third kappa shape index (κ3) is 5.41. The highest BCUT2D eigenvalue weighted by Crippen LogP contribution is 2.42. The largest absolute Gasteiger partial charge is 0.489 e. The van der Waals surface area contributed by atoms with Crippen LogP contribution in [0.25, 0.3) is 5.76 Å². The van der Waals surface area contributed by atoms with E-state index in [0.29, 0.717) is 33.0 Å². The summed E-state index contributed by atoms with van der Waals surface area (Å²) in [5.41, 5.74) is 7.80. The summed E-state index contributed by atoms with van der Waals surface area (Å²) < 4.78 is 38.6. The molecule has 39 heavy (non-hydrogen) atoms. The lowest BCUT2D eigenvalue weighted by molar-refractivity contribution is 0.306. The smallest absolute Gasteiger partial charge is 0.239 e. The molecule has 0 spiro atoms. The van der Waals surface area contributed by atoms with Crippen LogP contribution in [0.1, 0.15) is 41.7 Å². The summed E-state index contributed by atoms with van der Waals surface area (Å²) in [5.74, 6) is 1.57. The number of hydrogen-bond donors (Lipinski definition) is 1. The van der Waals surface area contributed by atoms with E-state index in [2.05, 4.69) is 4.99 Å². The number of nitrogens with zero attached hydrogens (tertiary/aromatic N) is 3. The van der Waals surface area contributed by atoms with E-state index in [4.69, 9.17) is 31.8 Å². The summed E-state index contributed by atoms with van der Waals surface area (Å²) in [6.07, 6.45) is 0. The Kier molecular flexibility index (Phi) is 7.21. The molecule has 1 aromatic heterocycles. The van der Waals surface area contributed by atoms with Crippen molar-refractivity contribution in [2.24, 2.45) is 15.7 Å². The van der Waals surface area contributed by atoms with Gasteiger partial charge in [0.1, 0.15) is 23.7 Å². The van der Waals surface area contributed by atoms with Gasteiger partial charge in [0, 0.05) is 12.6 Å². The fourth-order valence-corrected chi connectivity index (χ4v) is 7.51. The number of sulfonamides is 1. The number of halogens is 1. The van der Waals surface area contributed by atoms with Gasteiger partial charge in [-0.3, -0.25) is 0 Å². The zero-order valence-corrected chi connectivity index (χ0v) is 24.4. The molecule has 2 unspecified atom stereocenters. The van der Waals surface area contributed by atoms with Crippen LogP contribution >= 0.6 is 22.9 Å². The second-order valence-electron chi connectivity index (χ2n) is 9.78. The van der Waals surface area contributed by atoms with E-state index in [9.17, 15) is 8.42 Å². The Bertz CT molecular complexity index is 1600. The number of thiophene rings is 1. The van der Waals surface area contributed by atoms with Gasteiger partial charge in [-0.05, 0) is 62.2 Å². The topological polar surface area (TPSA) is 107 Å². The van der Waals surface area contributed by atoms with Gasteiger partial charge in [-0.1, -0.05) is 41.9 Å². The van der Waals surface area contributed by atoms with Crippen molar-refractivity contribution in [2.45, 2.75) is 39.0 Å². The van der Waals surface area contributed by atoms with Crippen molar-refractivity contribution in [3.63, 3.8) is 0 Å². The van der Waals surface area contributed by atoms with Gasteiger partial charge < -0.3 is 15.2 Å². The minimum Gasteiger partial charge on any atom is -0.489 e. The zero-order valence-electron chi connectivity index (χ0n) is 22.0. The third-order valence-corrected chi connectivity index (χ3v) is 10.5. The van der Waals surface area contributed by atoms with Crippen LogP contribution in [0.4, 0.5) is 0 Å². The van der Waals surface area contributed by atoms with E-state index < -0.39 is 15.6 Å². The van der Waals surface area contributed by atoms with E-state index >= 15 is 0 Å². The molecule has 2 N–H and O–H groups in total. The average molecular weight is 585 g/mol. The monoisotopic (exact) mass is 584 g/mol. The van der Waals surface area contributed by atoms with E-state index in [1.165, 1.54) is 18.4 Å². The zero-order chi connectivity index (χ0) is 27.9. The molecule has 0 radical (unpaired) electrons. The molecule has 0 bridgehead atoms. The maximum absolute atomic E-state index is 12.7. The van der Waals surface area contributed by atoms with Crippen molar-refractivity contribution in [1.29, 1.82) is 0 Å². The number of hydrogen-bond acceptors (Lipinski definition) is 8. The molecule has 3 heterocycles. The van der Waals surface area contributed by atoms with Crippen molar-refractivity contribution in [1.82, 2.24) is 4.31 Å². The van der Waals surface area contributed by atoms with E-state index in [0.717, 1.165) is 26.8 Å². The average Bonchev–Trinajstić information content (AvgIpc) is 3.31. The van der Waals surface area contributed by atoms with E-state index in [1.807, 2.05) is 68.4 Å². The fraction of sp³-hybridized carbons (Fsp3) is 0.286. The Morgan fingerprint density at radius 2 is 1.90 bits per heavy atom. The third-order valence-electron chi connectivity index (χ3n) is 6.81. The minimum atomic E-state index is -3.64. The highest BCUT2D eigenvalue weighted by Gasteiger charge is 2.43. The lowest BCUT2D eigenvalue weighted by Gasteiger charge is -2.33. The molecule has 0 fully saturated rings. The summed E-state index contributed by atoms with van der Waals surface area (Å²) in [4.78, 5) is 10.5. The number of aliphatic imine (C=N–C) groups is 2. The first-order valence-electron chi connectivity index (χ1n) is 12.3. The normalized spacial score (nSPS) is 22.7.